The zero-order chi connectivity index (χ0) is 12.3. The third-order valence-corrected chi connectivity index (χ3v) is 2.91. The second-order valence-corrected chi connectivity index (χ2v) is 4.05. The van der Waals surface area contributed by atoms with Gasteiger partial charge in [0, 0.05) is 24.0 Å². The number of rotatable bonds is 4. The number of hydrogen-bond acceptors (Lipinski definition) is 3. The lowest BCUT2D eigenvalue weighted by Gasteiger charge is -2.10. The molecule has 0 radical (unpaired) electrons. The van der Waals surface area contributed by atoms with E-state index in [1.54, 1.807) is 0 Å². The molecule has 0 aliphatic heterocycles. The molecule has 0 fully saturated rings. The first kappa shape index (κ1) is 11.8. The van der Waals surface area contributed by atoms with Gasteiger partial charge in [-0.15, -0.1) is 0 Å². The average Bonchev–Trinajstić information content (AvgIpc) is 2.68. The SMILES string of the molecule is CCNCc1cccnc1-n1cnc(C)c1C. The first-order chi connectivity index (χ1) is 8.24. The maximum Gasteiger partial charge on any atom is 0.142 e. The van der Waals surface area contributed by atoms with E-state index in [1.165, 1.54) is 5.56 Å². The molecule has 0 saturated carbocycles. The molecule has 0 aromatic carbocycles. The van der Waals surface area contributed by atoms with E-state index in [0.717, 1.165) is 30.3 Å². The van der Waals surface area contributed by atoms with E-state index >= 15 is 0 Å². The van der Waals surface area contributed by atoms with Crippen LogP contribution in [0, 0.1) is 13.8 Å². The monoisotopic (exact) mass is 230 g/mol. The van der Waals surface area contributed by atoms with Crippen molar-refractivity contribution in [3.8, 4) is 5.82 Å². The summed E-state index contributed by atoms with van der Waals surface area (Å²) in [5.74, 6) is 0.964. The number of nitrogens with zero attached hydrogens (tertiary/aromatic N) is 3. The van der Waals surface area contributed by atoms with Crippen LogP contribution in [-0.2, 0) is 6.54 Å². The maximum absolute atomic E-state index is 4.46. The van der Waals surface area contributed by atoms with E-state index in [-0.39, 0.29) is 0 Å². The lowest BCUT2D eigenvalue weighted by Crippen LogP contribution is -2.14. The molecule has 17 heavy (non-hydrogen) atoms. The summed E-state index contributed by atoms with van der Waals surface area (Å²) in [5.41, 5.74) is 3.38. The van der Waals surface area contributed by atoms with Gasteiger partial charge in [-0.1, -0.05) is 13.0 Å². The van der Waals surface area contributed by atoms with E-state index in [4.69, 9.17) is 0 Å². The predicted molar refractivity (Wildman–Crippen MR) is 68.2 cm³/mol. The zero-order valence-electron chi connectivity index (χ0n) is 10.6. The summed E-state index contributed by atoms with van der Waals surface area (Å²) in [7, 11) is 0. The second kappa shape index (κ2) is 5.10. The predicted octanol–water partition coefficient (Wildman–Crippen LogP) is 1.99. The van der Waals surface area contributed by atoms with E-state index in [2.05, 4.69) is 35.2 Å². The Hall–Kier alpha value is -1.68. The van der Waals surface area contributed by atoms with Gasteiger partial charge in [0.25, 0.3) is 0 Å². The second-order valence-electron chi connectivity index (χ2n) is 4.05. The van der Waals surface area contributed by atoms with Crippen LogP contribution in [0.2, 0.25) is 0 Å². The van der Waals surface area contributed by atoms with E-state index in [9.17, 15) is 0 Å². The molecule has 4 nitrogen and oxygen atoms in total. The molecule has 90 valence electrons. The molecule has 0 saturated heterocycles. The highest BCUT2D eigenvalue weighted by Crippen LogP contribution is 2.15. The Labute approximate surface area is 102 Å². The number of aryl methyl sites for hydroxylation is 1. The molecule has 0 aliphatic rings. The van der Waals surface area contributed by atoms with Crippen LogP contribution in [-0.4, -0.2) is 21.1 Å². The first-order valence-electron chi connectivity index (χ1n) is 5.89. The van der Waals surface area contributed by atoms with E-state index < -0.39 is 0 Å². The van der Waals surface area contributed by atoms with Crippen LogP contribution in [0.25, 0.3) is 5.82 Å². The fraction of sp³-hybridized carbons (Fsp3) is 0.385. The van der Waals surface area contributed by atoms with Crippen LogP contribution in [0.15, 0.2) is 24.7 Å². The van der Waals surface area contributed by atoms with Gasteiger partial charge in [0.1, 0.15) is 12.1 Å². The summed E-state index contributed by atoms with van der Waals surface area (Å²) in [5, 5.41) is 3.33. The topological polar surface area (TPSA) is 42.7 Å². The molecule has 2 heterocycles. The van der Waals surface area contributed by atoms with Crippen LogP contribution in [0.5, 0.6) is 0 Å². The molecule has 0 unspecified atom stereocenters. The van der Waals surface area contributed by atoms with Gasteiger partial charge in [-0.2, -0.15) is 0 Å². The third-order valence-electron chi connectivity index (χ3n) is 2.91. The van der Waals surface area contributed by atoms with Crippen LogP contribution in [0.4, 0.5) is 0 Å². The number of imidazole rings is 1. The van der Waals surface area contributed by atoms with Gasteiger partial charge >= 0.3 is 0 Å². The summed E-state index contributed by atoms with van der Waals surface area (Å²) in [4.78, 5) is 8.78. The Morgan fingerprint density at radius 3 is 2.76 bits per heavy atom. The van der Waals surface area contributed by atoms with Crippen molar-refractivity contribution in [2.75, 3.05) is 6.54 Å². The smallest absolute Gasteiger partial charge is 0.142 e. The third kappa shape index (κ3) is 2.36. The van der Waals surface area contributed by atoms with Crippen molar-refractivity contribution in [3.05, 3.63) is 41.6 Å². The summed E-state index contributed by atoms with van der Waals surface area (Å²) >= 11 is 0. The van der Waals surface area contributed by atoms with Crippen LogP contribution < -0.4 is 5.32 Å². The minimum atomic E-state index is 0.830. The average molecular weight is 230 g/mol. The van der Waals surface area contributed by atoms with Crippen molar-refractivity contribution in [1.82, 2.24) is 19.9 Å². The Morgan fingerprint density at radius 1 is 1.29 bits per heavy atom. The van der Waals surface area contributed by atoms with Crippen LogP contribution >= 0.6 is 0 Å². The summed E-state index contributed by atoms with van der Waals surface area (Å²) in [6.07, 6.45) is 3.65. The molecule has 0 aliphatic carbocycles. The number of nitrogens with one attached hydrogen (secondary N) is 1. The maximum atomic E-state index is 4.46. The highest BCUT2D eigenvalue weighted by molar-refractivity contribution is 5.36. The van der Waals surface area contributed by atoms with E-state index in [1.807, 2.05) is 30.1 Å². The number of hydrogen-bond donors (Lipinski definition) is 1. The van der Waals surface area contributed by atoms with Crippen molar-refractivity contribution in [2.45, 2.75) is 27.3 Å². The van der Waals surface area contributed by atoms with E-state index in [0.29, 0.717) is 0 Å². The fourth-order valence-electron chi connectivity index (χ4n) is 1.76. The molecule has 0 bridgehead atoms. The zero-order valence-corrected chi connectivity index (χ0v) is 10.6. The Morgan fingerprint density at radius 2 is 2.12 bits per heavy atom. The molecular weight excluding hydrogens is 212 g/mol. The molecular formula is C13H18N4. The van der Waals surface area contributed by atoms with Gasteiger partial charge in [-0.25, -0.2) is 9.97 Å². The van der Waals surface area contributed by atoms with Gasteiger partial charge in [-0.3, -0.25) is 4.57 Å². The van der Waals surface area contributed by atoms with Gasteiger partial charge < -0.3 is 5.32 Å². The van der Waals surface area contributed by atoms with Gasteiger partial charge in [0.15, 0.2) is 0 Å². The molecule has 2 aromatic rings. The molecule has 0 amide bonds. The van der Waals surface area contributed by atoms with Crippen molar-refractivity contribution in [3.63, 3.8) is 0 Å². The molecule has 1 N–H and O–H groups in total. The Kier molecular flexibility index (Phi) is 3.54. The van der Waals surface area contributed by atoms with Crippen molar-refractivity contribution in [1.29, 1.82) is 0 Å². The van der Waals surface area contributed by atoms with Crippen LogP contribution in [0.1, 0.15) is 23.9 Å². The van der Waals surface area contributed by atoms with Gasteiger partial charge in [0.2, 0.25) is 0 Å². The quantitative estimate of drug-likeness (QED) is 0.873. The highest BCUT2D eigenvalue weighted by atomic mass is 15.1. The minimum absolute atomic E-state index is 0.830. The highest BCUT2D eigenvalue weighted by Gasteiger charge is 2.09. The molecule has 0 atom stereocenters. The molecule has 0 spiro atoms. The number of pyridine rings is 1. The van der Waals surface area contributed by atoms with Crippen molar-refractivity contribution >= 4 is 0 Å². The largest absolute Gasteiger partial charge is 0.313 e. The van der Waals surface area contributed by atoms with Gasteiger partial charge in [0.05, 0.1) is 5.69 Å². The normalized spacial score (nSPS) is 10.8. The summed E-state index contributed by atoms with van der Waals surface area (Å²) in [6.45, 7) is 7.96. The van der Waals surface area contributed by atoms with Crippen molar-refractivity contribution in [2.24, 2.45) is 0 Å². The fourth-order valence-corrected chi connectivity index (χ4v) is 1.76. The van der Waals surface area contributed by atoms with Gasteiger partial charge in [-0.05, 0) is 26.5 Å². The molecule has 2 aromatic heterocycles. The standard InChI is InChI=1S/C13H18N4/c1-4-14-8-12-6-5-7-15-13(12)17-9-16-10(2)11(17)3/h5-7,9,14H,4,8H2,1-3H3. The first-order valence-corrected chi connectivity index (χ1v) is 5.89. The summed E-state index contributed by atoms with van der Waals surface area (Å²) in [6, 6.07) is 4.06. The van der Waals surface area contributed by atoms with Crippen LogP contribution in [0.3, 0.4) is 0 Å². The lowest BCUT2D eigenvalue weighted by atomic mass is 10.2. The Bertz CT molecular complexity index is 502. The lowest BCUT2D eigenvalue weighted by molar-refractivity contribution is 0.717. The summed E-state index contributed by atoms with van der Waals surface area (Å²) < 4.78 is 2.04. The molecule has 4 heteroatoms. The molecule has 2 rings (SSSR count). The minimum Gasteiger partial charge on any atom is -0.313 e. The number of aromatic nitrogens is 3. The van der Waals surface area contributed by atoms with Crippen molar-refractivity contribution < 1.29 is 0 Å². The Balaban J connectivity index is 2.41.